The lowest BCUT2D eigenvalue weighted by Crippen LogP contribution is -2.45. The summed E-state index contributed by atoms with van der Waals surface area (Å²) in [6.45, 7) is 4.62. The van der Waals surface area contributed by atoms with Gasteiger partial charge in [-0.1, -0.05) is 18.3 Å². The third-order valence-corrected chi connectivity index (χ3v) is 8.11. The smallest absolute Gasteiger partial charge is 0.324 e. The van der Waals surface area contributed by atoms with Crippen LogP contribution in [-0.4, -0.2) is 64.4 Å². The molecule has 2 atom stereocenters. The van der Waals surface area contributed by atoms with Crippen molar-refractivity contribution in [1.82, 2.24) is 19.8 Å². The molecule has 2 aromatic rings. The number of aryl methyl sites for hydroxylation is 1. The van der Waals surface area contributed by atoms with Crippen LogP contribution in [-0.2, 0) is 10.2 Å². The average molecular weight is 435 g/mol. The summed E-state index contributed by atoms with van der Waals surface area (Å²) in [4.78, 5) is 38.5. The number of carbonyl (C=O) groups excluding carboxylic acids is 2. The SMILES string of the molecule is Cc1nc(NC(=O)N2C[C@H](N(C)C)C[C@H]2C(N)=O)sc1-c1csc(C2(C)CC2)n1. The molecule has 1 aliphatic carbocycles. The van der Waals surface area contributed by atoms with E-state index in [0.29, 0.717) is 18.1 Å². The third-order valence-electron chi connectivity index (χ3n) is 5.86. The van der Waals surface area contributed by atoms with E-state index in [1.807, 2.05) is 25.9 Å². The summed E-state index contributed by atoms with van der Waals surface area (Å²) in [6, 6.07) is -0.852. The van der Waals surface area contributed by atoms with Crippen LogP contribution in [0.5, 0.6) is 0 Å². The number of urea groups is 1. The maximum absolute atomic E-state index is 12.8. The second kappa shape index (κ2) is 7.33. The van der Waals surface area contributed by atoms with Crippen molar-refractivity contribution in [3.8, 4) is 10.6 Å². The number of hydrogen-bond acceptors (Lipinski definition) is 7. The molecule has 2 fully saturated rings. The first-order chi connectivity index (χ1) is 13.7. The van der Waals surface area contributed by atoms with Crippen LogP contribution in [0.25, 0.3) is 10.6 Å². The first-order valence-corrected chi connectivity index (χ1v) is 11.3. The second-order valence-corrected chi connectivity index (χ2v) is 10.2. The van der Waals surface area contributed by atoms with Gasteiger partial charge in [0.25, 0.3) is 0 Å². The maximum atomic E-state index is 12.8. The number of amides is 3. The normalized spacial score (nSPS) is 22.9. The number of hydrogen-bond donors (Lipinski definition) is 2. The Hall–Kier alpha value is -2.04. The fourth-order valence-corrected chi connectivity index (χ4v) is 5.61. The highest BCUT2D eigenvalue weighted by atomic mass is 32.1. The summed E-state index contributed by atoms with van der Waals surface area (Å²) in [6.07, 6.45) is 2.92. The zero-order chi connectivity index (χ0) is 20.9. The maximum Gasteiger partial charge on any atom is 0.324 e. The lowest BCUT2D eigenvalue weighted by atomic mass is 10.1. The van der Waals surface area contributed by atoms with Crippen molar-refractivity contribution in [1.29, 1.82) is 0 Å². The number of aromatic nitrogens is 2. The lowest BCUT2D eigenvalue weighted by Gasteiger charge is -2.22. The summed E-state index contributed by atoms with van der Waals surface area (Å²) in [5.41, 5.74) is 7.52. The number of likely N-dealkylation sites (N-methyl/N-ethyl adjacent to an activating group) is 1. The van der Waals surface area contributed by atoms with Crippen LogP contribution in [0.2, 0.25) is 0 Å². The molecule has 8 nitrogen and oxygen atoms in total. The van der Waals surface area contributed by atoms with Gasteiger partial charge in [-0.05, 0) is 40.3 Å². The molecule has 0 bridgehead atoms. The van der Waals surface area contributed by atoms with Crippen molar-refractivity contribution in [2.75, 3.05) is 26.0 Å². The van der Waals surface area contributed by atoms with Crippen molar-refractivity contribution in [3.63, 3.8) is 0 Å². The van der Waals surface area contributed by atoms with Gasteiger partial charge in [-0.3, -0.25) is 10.1 Å². The van der Waals surface area contributed by atoms with Crippen LogP contribution in [0.1, 0.15) is 36.9 Å². The van der Waals surface area contributed by atoms with Gasteiger partial charge in [-0.15, -0.1) is 11.3 Å². The van der Waals surface area contributed by atoms with Gasteiger partial charge in [0.1, 0.15) is 6.04 Å². The van der Waals surface area contributed by atoms with Crippen LogP contribution in [0.15, 0.2) is 5.38 Å². The summed E-state index contributed by atoms with van der Waals surface area (Å²) >= 11 is 3.10. The Kier molecular flexibility index (Phi) is 5.12. The van der Waals surface area contributed by atoms with Gasteiger partial charge in [-0.25, -0.2) is 14.8 Å². The fourth-order valence-electron chi connectivity index (χ4n) is 3.59. The Morgan fingerprint density at radius 1 is 1.34 bits per heavy atom. The minimum atomic E-state index is -0.608. The molecule has 3 amide bonds. The molecule has 1 saturated carbocycles. The van der Waals surface area contributed by atoms with Crippen LogP contribution in [0.4, 0.5) is 9.93 Å². The van der Waals surface area contributed by atoms with Crippen molar-refractivity contribution in [3.05, 3.63) is 16.1 Å². The Balaban J connectivity index is 1.50. The van der Waals surface area contributed by atoms with Crippen LogP contribution in [0, 0.1) is 6.92 Å². The molecule has 4 rings (SSSR count). The molecule has 3 heterocycles. The zero-order valence-corrected chi connectivity index (χ0v) is 18.7. The highest BCUT2D eigenvalue weighted by molar-refractivity contribution is 7.19. The molecule has 0 unspecified atom stereocenters. The molecule has 29 heavy (non-hydrogen) atoms. The van der Waals surface area contributed by atoms with E-state index in [0.717, 1.165) is 16.3 Å². The van der Waals surface area contributed by atoms with Crippen molar-refractivity contribution >= 4 is 39.7 Å². The Labute approximate surface area is 178 Å². The van der Waals surface area contributed by atoms with Gasteiger partial charge in [-0.2, -0.15) is 0 Å². The van der Waals surface area contributed by atoms with Gasteiger partial charge in [0.2, 0.25) is 5.91 Å². The van der Waals surface area contributed by atoms with Crippen molar-refractivity contribution in [2.24, 2.45) is 5.73 Å². The summed E-state index contributed by atoms with van der Waals surface area (Å²) in [5, 5.41) is 6.59. The third kappa shape index (κ3) is 3.88. The molecule has 1 saturated heterocycles. The number of rotatable bonds is 5. The van der Waals surface area contributed by atoms with E-state index in [1.165, 1.54) is 34.1 Å². The predicted molar refractivity (Wildman–Crippen MR) is 115 cm³/mol. The van der Waals surface area contributed by atoms with E-state index >= 15 is 0 Å². The fraction of sp³-hybridized carbons (Fsp3) is 0.579. The minimum absolute atomic E-state index is 0.101. The van der Waals surface area contributed by atoms with E-state index < -0.39 is 11.9 Å². The monoisotopic (exact) mass is 434 g/mol. The molecular weight excluding hydrogens is 408 g/mol. The second-order valence-electron chi connectivity index (χ2n) is 8.39. The number of nitrogens with zero attached hydrogens (tertiary/aromatic N) is 4. The number of carbonyl (C=O) groups is 2. The summed E-state index contributed by atoms with van der Waals surface area (Å²) in [5.74, 6) is -0.482. The largest absolute Gasteiger partial charge is 0.368 e. The topological polar surface area (TPSA) is 104 Å². The first-order valence-electron chi connectivity index (χ1n) is 9.65. The van der Waals surface area contributed by atoms with E-state index in [4.69, 9.17) is 10.7 Å². The number of primary amides is 1. The van der Waals surface area contributed by atoms with Gasteiger partial charge in [0.15, 0.2) is 5.13 Å². The van der Waals surface area contributed by atoms with E-state index in [-0.39, 0.29) is 17.5 Å². The summed E-state index contributed by atoms with van der Waals surface area (Å²) < 4.78 is 0. The average Bonchev–Trinajstić information content (AvgIpc) is 3.08. The quantitative estimate of drug-likeness (QED) is 0.753. The Morgan fingerprint density at radius 2 is 2.07 bits per heavy atom. The van der Waals surface area contributed by atoms with Crippen molar-refractivity contribution in [2.45, 2.75) is 50.6 Å². The molecule has 2 aromatic heterocycles. The molecule has 156 valence electrons. The molecule has 0 radical (unpaired) electrons. The predicted octanol–water partition coefficient (Wildman–Crippen LogP) is 2.65. The number of anilines is 1. The molecular formula is C19H26N6O2S2. The lowest BCUT2D eigenvalue weighted by molar-refractivity contribution is -0.121. The van der Waals surface area contributed by atoms with Crippen LogP contribution >= 0.6 is 22.7 Å². The number of nitrogens with two attached hydrogens (primary N) is 1. The molecule has 0 spiro atoms. The summed E-state index contributed by atoms with van der Waals surface area (Å²) in [7, 11) is 3.87. The van der Waals surface area contributed by atoms with Crippen LogP contribution in [0.3, 0.4) is 0 Å². The highest BCUT2D eigenvalue weighted by Crippen LogP contribution is 2.49. The van der Waals surface area contributed by atoms with Gasteiger partial charge in [0.05, 0.1) is 21.3 Å². The molecule has 1 aliphatic heterocycles. The number of likely N-dealkylation sites (tertiary alicyclic amines) is 1. The van der Waals surface area contributed by atoms with Crippen LogP contribution < -0.4 is 11.1 Å². The molecule has 10 heteroatoms. The minimum Gasteiger partial charge on any atom is -0.368 e. The highest BCUT2D eigenvalue weighted by Gasteiger charge is 2.42. The first kappa shape index (κ1) is 20.2. The molecule has 0 aromatic carbocycles. The molecule has 3 N–H and O–H groups in total. The Bertz CT molecular complexity index is 948. The zero-order valence-electron chi connectivity index (χ0n) is 17.1. The molecule has 2 aliphatic rings. The van der Waals surface area contributed by atoms with Gasteiger partial charge in [0, 0.05) is 23.4 Å². The van der Waals surface area contributed by atoms with Gasteiger partial charge >= 0.3 is 6.03 Å². The van der Waals surface area contributed by atoms with Gasteiger partial charge < -0.3 is 15.5 Å². The number of nitrogens with one attached hydrogen (secondary N) is 1. The Morgan fingerprint density at radius 3 is 2.69 bits per heavy atom. The standard InChI is InChI=1S/C19H26N6O2S2/c1-10-14(12-9-28-16(22-12)19(2)5-6-19)29-17(21-10)23-18(27)25-8-11(24(3)4)7-13(25)15(20)26/h9,11,13H,5-8H2,1-4H3,(H2,20,26)(H,21,23,27)/t11-,13+/m1/s1. The number of thiazole rings is 2. The van der Waals surface area contributed by atoms with Crippen molar-refractivity contribution < 1.29 is 9.59 Å². The van der Waals surface area contributed by atoms with E-state index in [2.05, 4.69) is 22.6 Å². The van der Waals surface area contributed by atoms with E-state index in [1.54, 1.807) is 11.3 Å². The van der Waals surface area contributed by atoms with E-state index in [9.17, 15) is 9.59 Å².